The van der Waals surface area contributed by atoms with Gasteiger partial charge in [-0.25, -0.2) is 0 Å². The first-order valence-electron chi connectivity index (χ1n) is 13.6. The van der Waals surface area contributed by atoms with Crippen molar-refractivity contribution in [3.63, 3.8) is 0 Å². The van der Waals surface area contributed by atoms with Crippen molar-refractivity contribution in [1.29, 1.82) is 0 Å². The van der Waals surface area contributed by atoms with Gasteiger partial charge >= 0.3 is 5.97 Å². The molecule has 2 saturated carbocycles. The molecule has 0 aromatic heterocycles. The van der Waals surface area contributed by atoms with Gasteiger partial charge < -0.3 is 4.74 Å². The Hall–Kier alpha value is -0.500. The fourth-order valence-corrected chi connectivity index (χ4v) is 7.94. The minimum Gasteiger partial charge on any atom is -0.462 e. The molecule has 8 atom stereocenters. The third-order valence-corrected chi connectivity index (χ3v) is 10.4. The molecule has 0 N–H and O–H groups in total. The molecule has 3 aliphatic rings. The van der Waals surface area contributed by atoms with Crippen LogP contribution in [0.3, 0.4) is 0 Å². The van der Waals surface area contributed by atoms with Crippen LogP contribution in [0, 0.1) is 34.5 Å². The molecule has 0 aromatic carbocycles. The van der Waals surface area contributed by atoms with Crippen molar-refractivity contribution in [2.24, 2.45) is 34.5 Å². The van der Waals surface area contributed by atoms with Crippen molar-refractivity contribution in [2.45, 2.75) is 130 Å². The van der Waals surface area contributed by atoms with Crippen molar-refractivity contribution in [1.82, 2.24) is 0 Å². The van der Waals surface area contributed by atoms with Gasteiger partial charge in [-0.15, -0.1) is 11.6 Å². The highest BCUT2D eigenvalue weighted by Crippen LogP contribution is 2.58. The van der Waals surface area contributed by atoms with E-state index in [9.17, 15) is 4.79 Å². The number of halogens is 1. The van der Waals surface area contributed by atoms with Gasteiger partial charge in [-0.05, 0) is 99.2 Å². The summed E-state index contributed by atoms with van der Waals surface area (Å²) in [6.07, 6.45) is 17.5. The third kappa shape index (κ3) is 5.76. The number of hydrogen-bond donors (Lipinski definition) is 0. The van der Waals surface area contributed by atoms with Gasteiger partial charge in [-0.3, -0.25) is 4.79 Å². The molecule has 3 aliphatic carbocycles. The average Bonchev–Trinajstić information content (AvgIpc) is 3.01. The second-order valence-electron chi connectivity index (χ2n) is 12.2. The standard InChI is InChI=1S/C29H49ClO2/c1-20(9-7-10-22(3)30)27-14-13-21(2)28(27,5)17-15-24-11-8-12-25-19-26(32-23(4)31)16-18-29(24,25)6/h12,20-22,24,26-27H,7-11,13-19H2,1-6H3/t20-,21-,22?,24-,26+,27-,28+,29-/m1/s1. The van der Waals surface area contributed by atoms with Gasteiger partial charge in [0.2, 0.25) is 0 Å². The summed E-state index contributed by atoms with van der Waals surface area (Å²) in [6.45, 7) is 13.8. The number of ether oxygens (including phenoxy) is 1. The molecule has 0 aromatic rings. The maximum absolute atomic E-state index is 11.5. The van der Waals surface area contributed by atoms with Crippen molar-refractivity contribution < 1.29 is 9.53 Å². The lowest BCUT2D eigenvalue weighted by molar-refractivity contribution is -0.148. The van der Waals surface area contributed by atoms with E-state index in [1.54, 1.807) is 12.5 Å². The van der Waals surface area contributed by atoms with E-state index in [1.807, 2.05) is 0 Å². The minimum atomic E-state index is -0.129. The van der Waals surface area contributed by atoms with Crippen molar-refractivity contribution in [3.8, 4) is 0 Å². The molecule has 1 unspecified atom stereocenters. The SMILES string of the molecule is CC(=O)O[C@H]1CC[C@@]2(C)C(=CCC[C@@H]2CC[C@@]2(C)[C@H](C)CC[C@@H]2[C@H](C)CCCC(C)Cl)C1. The highest BCUT2D eigenvalue weighted by atomic mass is 35.5. The molecule has 0 amide bonds. The van der Waals surface area contributed by atoms with E-state index >= 15 is 0 Å². The van der Waals surface area contributed by atoms with Crippen LogP contribution < -0.4 is 0 Å². The largest absolute Gasteiger partial charge is 0.462 e. The summed E-state index contributed by atoms with van der Waals surface area (Å²) >= 11 is 6.21. The fourth-order valence-electron chi connectivity index (χ4n) is 7.79. The van der Waals surface area contributed by atoms with Crippen molar-refractivity contribution in [3.05, 3.63) is 11.6 Å². The fraction of sp³-hybridized carbons (Fsp3) is 0.897. The lowest BCUT2D eigenvalue weighted by atomic mass is 9.57. The molecule has 2 fully saturated rings. The Morgan fingerprint density at radius 1 is 1.19 bits per heavy atom. The van der Waals surface area contributed by atoms with Crippen LogP contribution in [0.15, 0.2) is 11.6 Å². The van der Waals surface area contributed by atoms with Crippen LogP contribution in [0.5, 0.6) is 0 Å². The Bertz CT molecular complexity index is 670. The van der Waals surface area contributed by atoms with E-state index in [1.165, 1.54) is 57.8 Å². The van der Waals surface area contributed by atoms with Gasteiger partial charge in [0, 0.05) is 18.7 Å². The monoisotopic (exact) mass is 464 g/mol. The Kier molecular flexibility index (Phi) is 8.84. The smallest absolute Gasteiger partial charge is 0.302 e. The Labute approximate surface area is 203 Å². The molecule has 2 nitrogen and oxygen atoms in total. The van der Waals surface area contributed by atoms with Gasteiger partial charge in [0.05, 0.1) is 0 Å². The van der Waals surface area contributed by atoms with E-state index in [0.717, 1.165) is 42.9 Å². The molecule has 3 heteroatoms. The highest BCUT2D eigenvalue weighted by Gasteiger charge is 2.48. The molecular weight excluding hydrogens is 416 g/mol. The first kappa shape index (κ1) is 26.1. The van der Waals surface area contributed by atoms with Crippen LogP contribution in [0.1, 0.15) is 119 Å². The molecule has 0 spiro atoms. The number of hydrogen-bond acceptors (Lipinski definition) is 2. The summed E-state index contributed by atoms with van der Waals surface area (Å²) in [6, 6.07) is 0. The van der Waals surface area contributed by atoms with Crippen LogP contribution >= 0.6 is 11.6 Å². The average molecular weight is 465 g/mol. The maximum atomic E-state index is 11.5. The second kappa shape index (κ2) is 10.8. The van der Waals surface area contributed by atoms with E-state index in [-0.39, 0.29) is 12.1 Å². The number of alkyl halides is 1. The molecule has 184 valence electrons. The third-order valence-electron chi connectivity index (χ3n) is 10.2. The van der Waals surface area contributed by atoms with Crippen LogP contribution in [0.25, 0.3) is 0 Å². The van der Waals surface area contributed by atoms with Crippen LogP contribution in [-0.4, -0.2) is 17.5 Å². The summed E-state index contributed by atoms with van der Waals surface area (Å²) in [7, 11) is 0. The van der Waals surface area contributed by atoms with E-state index in [2.05, 4.69) is 40.7 Å². The zero-order valence-electron chi connectivity index (χ0n) is 21.7. The summed E-state index contributed by atoms with van der Waals surface area (Å²) in [5.74, 6) is 3.13. The summed E-state index contributed by atoms with van der Waals surface area (Å²) in [5.41, 5.74) is 2.36. The Morgan fingerprint density at radius 2 is 1.94 bits per heavy atom. The number of carbonyl (C=O) groups excluding carboxylic acids is 1. The Morgan fingerprint density at radius 3 is 2.62 bits per heavy atom. The molecule has 0 saturated heterocycles. The second-order valence-corrected chi connectivity index (χ2v) is 13.0. The summed E-state index contributed by atoms with van der Waals surface area (Å²) in [5, 5.41) is 0.307. The molecular formula is C29H49ClO2. The maximum Gasteiger partial charge on any atom is 0.302 e. The normalized spacial score (nSPS) is 39.2. The van der Waals surface area contributed by atoms with Crippen molar-refractivity contribution in [2.75, 3.05) is 0 Å². The lowest BCUT2D eigenvalue weighted by Gasteiger charge is -2.49. The zero-order valence-corrected chi connectivity index (χ0v) is 22.5. The quantitative estimate of drug-likeness (QED) is 0.193. The van der Waals surface area contributed by atoms with Crippen LogP contribution in [0.4, 0.5) is 0 Å². The number of fused-ring (bicyclic) bond motifs is 1. The van der Waals surface area contributed by atoms with Crippen LogP contribution in [-0.2, 0) is 9.53 Å². The molecule has 0 aliphatic heterocycles. The predicted molar refractivity (Wildman–Crippen MR) is 136 cm³/mol. The summed E-state index contributed by atoms with van der Waals surface area (Å²) < 4.78 is 5.59. The predicted octanol–water partition coefficient (Wildman–Crippen LogP) is 8.71. The molecule has 0 heterocycles. The van der Waals surface area contributed by atoms with Gasteiger partial charge in [-0.2, -0.15) is 0 Å². The van der Waals surface area contributed by atoms with Gasteiger partial charge in [0.15, 0.2) is 0 Å². The lowest BCUT2D eigenvalue weighted by Crippen LogP contribution is -2.40. The van der Waals surface area contributed by atoms with Gasteiger partial charge in [-0.1, -0.05) is 52.2 Å². The van der Waals surface area contributed by atoms with E-state index in [0.29, 0.717) is 16.2 Å². The summed E-state index contributed by atoms with van der Waals surface area (Å²) in [4.78, 5) is 11.5. The molecule has 32 heavy (non-hydrogen) atoms. The molecule has 0 bridgehead atoms. The number of esters is 1. The molecule has 3 rings (SSSR count). The topological polar surface area (TPSA) is 26.3 Å². The molecule has 0 radical (unpaired) electrons. The number of rotatable bonds is 9. The Balaban J connectivity index is 1.63. The first-order chi connectivity index (χ1) is 15.1. The van der Waals surface area contributed by atoms with Crippen LogP contribution in [0.2, 0.25) is 0 Å². The van der Waals surface area contributed by atoms with Crippen molar-refractivity contribution >= 4 is 17.6 Å². The minimum absolute atomic E-state index is 0.0962. The van der Waals surface area contributed by atoms with E-state index < -0.39 is 0 Å². The van der Waals surface area contributed by atoms with Gasteiger partial charge in [0.25, 0.3) is 0 Å². The number of allylic oxidation sites excluding steroid dienone is 1. The number of carbonyl (C=O) groups is 1. The zero-order chi connectivity index (χ0) is 23.5. The van der Waals surface area contributed by atoms with E-state index in [4.69, 9.17) is 16.3 Å². The first-order valence-corrected chi connectivity index (χ1v) is 14.0. The van der Waals surface area contributed by atoms with Gasteiger partial charge in [0.1, 0.15) is 6.10 Å². The highest BCUT2D eigenvalue weighted by molar-refractivity contribution is 6.20.